The fraction of sp³-hybridized carbons (Fsp3) is 0.423. The lowest BCUT2D eigenvalue weighted by atomic mass is 9.87. The second-order valence-electron chi connectivity index (χ2n) is 9.73. The third kappa shape index (κ3) is 6.18. The average molecular weight is 494 g/mol. The van der Waals surface area contributed by atoms with Gasteiger partial charge in [0.25, 0.3) is 0 Å². The highest BCUT2D eigenvalue weighted by molar-refractivity contribution is 5.99. The van der Waals surface area contributed by atoms with Gasteiger partial charge >= 0.3 is 12.0 Å². The summed E-state index contributed by atoms with van der Waals surface area (Å²) in [5.41, 5.74) is 0.497. The van der Waals surface area contributed by atoms with E-state index in [2.05, 4.69) is 20.6 Å². The van der Waals surface area contributed by atoms with Crippen LogP contribution in [-0.2, 0) is 20.7 Å². The Morgan fingerprint density at radius 3 is 2.61 bits per heavy atom. The number of aromatic nitrogens is 1. The van der Waals surface area contributed by atoms with Gasteiger partial charge in [-0.05, 0) is 50.5 Å². The van der Waals surface area contributed by atoms with E-state index in [9.17, 15) is 19.5 Å². The van der Waals surface area contributed by atoms with Crippen LogP contribution in [0.3, 0.4) is 0 Å². The normalized spacial score (nSPS) is 19.4. The summed E-state index contributed by atoms with van der Waals surface area (Å²) in [4.78, 5) is 47.2. The molecule has 1 aromatic heterocycles. The van der Waals surface area contributed by atoms with Gasteiger partial charge in [-0.1, -0.05) is 24.3 Å². The number of hydrogen-bond donors (Lipinski definition) is 3. The molecule has 2 aliphatic heterocycles. The van der Waals surface area contributed by atoms with Crippen molar-refractivity contribution in [3.05, 3.63) is 54.2 Å². The Morgan fingerprint density at radius 1 is 1.14 bits per heavy atom. The molecule has 2 atom stereocenters. The van der Waals surface area contributed by atoms with Gasteiger partial charge < -0.3 is 20.1 Å². The summed E-state index contributed by atoms with van der Waals surface area (Å²) < 4.78 is 5.99. The van der Waals surface area contributed by atoms with Crippen LogP contribution < -0.4 is 10.6 Å². The number of likely N-dealkylation sites (tertiary alicyclic amines) is 1. The van der Waals surface area contributed by atoms with Gasteiger partial charge in [0.15, 0.2) is 0 Å². The van der Waals surface area contributed by atoms with Crippen molar-refractivity contribution in [1.82, 2.24) is 9.88 Å². The molecule has 10 heteroatoms. The molecule has 0 aliphatic carbocycles. The molecular formula is C26H31N5O5. The van der Waals surface area contributed by atoms with E-state index in [1.54, 1.807) is 49.2 Å². The SMILES string of the molecule is CC(C)(CC1CN=C(C2CCCN2C(=O)Cc2ccc(NC(=O)Nc3ccccc3)nc2)O1)C(=O)O. The second kappa shape index (κ2) is 10.8. The Bertz CT molecular complexity index is 1130. The van der Waals surface area contributed by atoms with E-state index in [1.165, 1.54) is 0 Å². The number of carbonyl (C=O) groups excluding carboxylic acids is 2. The summed E-state index contributed by atoms with van der Waals surface area (Å²) in [6.07, 6.45) is 3.41. The van der Waals surface area contributed by atoms with Crippen molar-refractivity contribution in [2.75, 3.05) is 23.7 Å². The first-order valence-electron chi connectivity index (χ1n) is 12.0. The maximum Gasteiger partial charge on any atom is 0.324 e. The monoisotopic (exact) mass is 493 g/mol. The molecule has 10 nitrogen and oxygen atoms in total. The van der Waals surface area contributed by atoms with Crippen molar-refractivity contribution in [2.45, 2.75) is 51.7 Å². The predicted molar refractivity (Wildman–Crippen MR) is 135 cm³/mol. The zero-order valence-corrected chi connectivity index (χ0v) is 20.4. The molecule has 0 radical (unpaired) electrons. The molecule has 4 rings (SSSR count). The number of nitrogens with zero attached hydrogens (tertiary/aromatic N) is 3. The molecule has 2 unspecified atom stereocenters. The Morgan fingerprint density at radius 2 is 1.92 bits per heavy atom. The molecule has 3 N–H and O–H groups in total. The number of benzene rings is 1. The molecule has 190 valence electrons. The molecule has 2 aliphatic rings. The zero-order valence-electron chi connectivity index (χ0n) is 20.4. The first kappa shape index (κ1) is 25.2. The number of aliphatic carboxylic acids is 1. The number of para-hydroxylation sites is 1. The third-order valence-corrected chi connectivity index (χ3v) is 6.37. The van der Waals surface area contributed by atoms with Crippen LogP contribution in [-0.4, -0.2) is 64.0 Å². The number of urea groups is 1. The highest BCUT2D eigenvalue weighted by atomic mass is 16.5. The topological polar surface area (TPSA) is 133 Å². The van der Waals surface area contributed by atoms with Gasteiger partial charge in [0, 0.05) is 24.8 Å². The number of aliphatic imine (C=N–C) groups is 1. The van der Waals surface area contributed by atoms with Crippen molar-refractivity contribution in [3.8, 4) is 0 Å². The zero-order chi connectivity index (χ0) is 25.7. The number of amides is 3. The molecular weight excluding hydrogens is 462 g/mol. The molecule has 2 aromatic rings. The Balaban J connectivity index is 1.29. The maximum atomic E-state index is 13.1. The van der Waals surface area contributed by atoms with Gasteiger partial charge in [-0.3, -0.25) is 14.9 Å². The highest BCUT2D eigenvalue weighted by Gasteiger charge is 2.39. The third-order valence-electron chi connectivity index (χ3n) is 6.37. The minimum Gasteiger partial charge on any atom is -0.481 e. The Kier molecular flexibility index (Phi) is 7.52. The summed E-state index contributed by atoms with van der Waals surface area (Å²) in [6.45, 7) is 4.37. The summed E-state index contributed by atoms with van der Waals surface area (Å²) >= 11 is 0. The highest BCUT2D eigenvalue weighted by Crippen LogP contribution is 2.29. The second-order valence-corrected chi connectivity index (χ2v) is 9.73. The van der Waals surface area contributed by atoms with Crippen molar-refractivity contribution in [1.29, 1.82) is 0 Å². The molecule has 1 saturated heterocycles. The van der Waals surface area contributed by atoms with Gasteiger partial charge in [-0.15, -0.1) is 0 Å². The van der Waals surface area contributed by atoms with Crippen molar-refractivity contribution in [2.24, 2.45) is 10.4 Å². The Hall–Kier alpha value is -3.95. The van der Waals surface area contributed by atoms with Crippen LogP contribution in [0.1, 0.15) is 38.7 Å². The fourth-order valence-corrected chi connectivity index (χ4v) is 4.38. The largest absolute Gasteiger partial charge is 0.481 e. The van der Waals surface area contributed by atoms with Crippen LogP contribution >= 0.6 is 0 Å². The van der Waals surface area contributed by atoms with Crippen LogP contribution in [0.5, 0.6) is 0 Å². The lowest BCUT2D eigenvalue weighted by Gasteiger charge is -2.27. The molecule has 3 amide bonds. The quantitative estimate of drug-likeness (QED) is 0.515. The standard InChI is InChI=1S/C26H31N5O5/c1-26(2,24(33)34)14-19-16-28-23(36-19)20-9-6-12-31(20)22(32)13-17-10-11-21(27-15-17)30-25(35)29-18-7-4-3-5-8-18/h3-5,7-8,10-11,15,19-20H,6,9,12-14,16H2,1-2H3,(H,33,34)(H2,27,29,30,35). The van der Waals surface area contributed by atoms with Gasteiger partial charge in [0.1, 0.15) is 18.0 Å². The minimum absolute atomic E-state index is 0.0533. The van der Waals surface area contributed by atoms with Crippen LogP contribution in [0, 0.1) is 5.41 Å². The Labute approximate surface area is 209 Å². The van der Waals surface area contributed by atoms with Crippen LogP contribution in [0.25, 0.3) is 0 Å². The predicted octanol–water partition coefficient (Wildman–Crippen LogP) is 3.56. The molecule has 0 spiro atoms. The van der Waals surface area contributed by atoms with E-state index < -0.39 is 17.4 Å². The summed E-state index contributed by atoms with van der Waals surface area (Å²) in [5.74, 6) is -0.0248. The number of hydrogen-bond acceptors (Lipinski definition) is 6. The molecule has 0 saturated carbocycles. The molecule has 1 aromatic carbocycles. The maximum absolute atomic E-state index is 13.1. The van der Waals surface area contributed by atoms with Crippen LogP contribution in [0.2, 0.25) is 0 Å². The summed E-state index contributed by atoms with van der Waals surface area (Å²) in [7, 11) is 0. The fourth-order valence-electron chi connectivity index (χ4n) is 4.38. The molecule has 1 fully saturated rings. The smallest absolute Gasteiger partial charge is 0.324 e. The first-order chi connectivity index (χ1) is 17.2. The summed E-state index contributed by atoms with van der Waals surface area (Å²) in [5, 5.41) is 14.8. The van der Waals surface area contributed by atoms with E-state index in [0.717, 1.165) is 18.4 Å². The van der Waals surface area contributed by atoms with E-state index in [-0.39, 0.29) is 24.5 Å². The number of carboxylic acid groups (broad SMARTS) is 1. The molecule has 3 heterocycles. The number of rotatable bonds is 8. The number of carbonyl (C=O) groups is 3. The van der Waals surface area contributed by atoms with Crippen molar-refractivity contribution in [3.63, 3.8) is 0 Å². The number of nitrogens with one attached hydrogen (secondary N) is 2. The first-order valence-corrected chi connectivity index (χ1v) is 12.0. The molecule has 0 bridgehead atoms. The lowest BCUT2D eigenvalue weighted by molar-refractivity contribution is -0.148. The molecule has 36 heavy (non-hydrogen) atoms. The lowest BCUT2D eigenvalue weighted by Crippen LogP contribution is -2.42. The minimum atomic E-state index is -0.906. The van der Waals surface area contributed by atoms with Gasteiger partial charge in [0.2, 0.25) is 11.8 Å². The number of pyridine rings is 1. The number of ether oxygens (including phenoxy) is 1. The van der Waals surface area contributed by atoms with Crippen LogP contribution in [0.4, 0.5) is 16.3 Å². The van der Waals surface area contributed by atoms with E-state index in [4.69, 9.17) is 4.74 Å². The van der Waals surface area contributed by atoms with Crippen molar-refractivity contribution >= 4 is 35.3 Å². The van der Waals surface area contributed by atoms with Crippen LogP contribution in [0.15, 0.2) is 53.7 Å². The summed E-state index contributed by atoms with van der Waals surface area (Å²) in [6, 6.07) is 11.9. The van der Waals surface area contributed by atoms with Gasteiger partial charge in [-0.25, -0.2) is 14.8 Å². The van der Waals surface area contributed by atoms with Crippen molar-refractivity contribution < 1.29 is 24.2 Å². The van der Waals surface area contributed by atoms with E-state index in [1.807, 2.05) is 18.2 Å². The van der Waals surface area contributed by atoms with E-state index in [0.29, 0.717) is 36.9 Å². The van der Waals surface area contributed by atoms with Gasteiger partial charge in [-0.2, -0.15) is 0 Å². The van der Waals surface area contributed by atoms with E-state index >= 15 is 0 Å². The van der Waals surface area contributed by atoms with Gasteiger partial charge in [0.05, 0.1) is 18.4 Å². The average Bonchev–Trinajstić information content (AvgIpc) is 3.50. The number of carboxylic acids is 1. The number of anilines is 2.